The maximum atomic E-state index is 11.8. The first-order valence-electron chi connectivity index (χ1n) is 6.89. The van der Waals surface area contributed by atoms with Crippen LogP contribution in [0.5, 0.6) is 0 Å². The Morgan fingerprint density at radius 3 is 2.45 bits per heavy atom. The second kappa shape index (κ2) is 4.77. The van der Waals surface area contributed by atoms with E-state index < -0.39 is 10.0 Å². The number of sulfonamides is 1. The second-order valence-corrected chi connectivity index (χ2v) is 7.61. The predicted octanol–water partition coefficient (Wildman–Crippen LogP) is 1.82. The Bertz CT molecular complexity index is 624. The van der Waals surface area contributed by atoms with Crippen molar-refractivity contribution >= 4 is 27.3 Å². The Labute approximate surface area is 119 Å². The maximum absolute atomic E-state index is 11.8. The van der Waals surface area contributed by atoms with Gasteiger partial charge in [0, 0.05) is 18.2 Å². The lowest BCUT2D eigenvalue weighted by molar-refractivity contribution is -0.117. The van der Waals surface area contributed by atoms with E-state index in [0.29, 0.717) is 24.6 Å². The zero-order chi connectivity index (χ0) is 14.3. The first-order valence-corrected chi connectivity index (χ1v) is 8.49. The minimum Gasteiger partial charge on any atom is -0.326 e. The minimum atomic E-state index is -3.14. The molecule has 1 amide bonds. The molecule has 1 aliphatic carbocycles. The van der Waals surface area contributed by atoms with Crippen LogP contribution >= 0.6 is 0 Å². The lowest BCUT2D eigenvalue weighted by Gasteiger charge is -2.17. The quantitative estimate of drug-likeness (QED) is 0.924. The molecule has 2 atom stereocenters. The van der Waals surface area contributed by atoms with Gasteiger partial charge in [0.1, 0.15) is 0 Å². The van der Waals surface area contributed by atoms with Crippen LogP contribution in [0.2, 0.25) is 0 Å². The van der Waals surface area contributed by atoms with Crippen LogP contribution in [0, 0.1) is 11.8 Å². The molecule has 1 aromatic rings. The van der Waals surface area contributed by atoms with Crippen LogP contribution in [0.4, 0.5) is 11.4 Å². The van der Waals surface area contributed by atoms with E-state index in [2.05, 4.69) is 12.2 Å². The number of amides is 1. The van der Waals surface area contributed by atoms with Crippen LogP contribution in [-0.2, 0) is 14.8 Å². The molecule has 0 unspecified atom stereocenters. The molecule has 20 heavy (non-hydrogen) atoms. The smallest absolute Gasteiger partial charge is 0.235 e. The summed E-state index contributed by atoms with van der Waals surface area (Å²) in [6.45, 7) is 2.60. The number of nitrogens with one attached hydrogen (secondary N) is 1. The second-order valence-electron chi connectivity index (χ2n) is 5.60. The molecule has 5 nitrogen and oxygen atoms in total. The number of hydrogen-bond donors (Lipinski definition) is 1. The maximum Gasteiger partial charge on any atom is 0.235 e. The largest absolute Gasteiger partial charge is 0.326 e. The number of nitrogens with zero attached hydrogens (tertiary/aromatic N) is 1. The van der Waals surface area contributed by atoms with Crippen LogP contribution in [-0.4, -0.2) is 26.6 Å². The van der Waals surface area contributed by atoms with E-state index in [1.165, 1.54) is 4.31 Å². The summed E-state index contributed by atoms with van der Waals surface area (Å²) in [6.07, 6.45) is 1.62. The molecule has 1 saturated heterocycles. The van der Waals surface area contributed by atoms with Gasteiger partial charge in [-0.1, -0.05) is 6.92 Å². The number of carbonyl (C=O) groups excluding carboxylic acids is 1. The van der Waals surface area contributed by atoms with Gasteiger partial charge in [0.25, 0.3) is 0 Å². The average molecular weight is 294 g/mol. The van der Waals surface area contributed by atoms with Gasteiger partial charge in [-0.05, 0) is 43.0 Å². The van der Waals surface area contributed by atoms with E-state index in [1.54, 1.807) is 24.3 Å². The average Bonchev–Trinajstić information content (AvgIpc) is 3.03. The van der Waals surface area contributed by atoms with Gasteiger partial charge >= 0.3 is 0 Å². The van der Waals surface area contributed by atoms with Crippen molar-refractivity contribution in [2.45, 2.75) is 19.8 Å². The third kappa shape index (κ3) is 2.52. The van der Waals surface area contributed by atoms with Crippen molar-refractivity contribution in [3.63, 3.8) is 0 Å². The predicted molar refractivity (Wildman–Crippen MR) is 78.1 cm³/mol. The minimum absolute atomic E-state index is 0.0547. The first kappa shape index (κ1) is 13.4. The lowest BCUT2D eigenvalue weighted by Crippen LogP contribution is -2.25. The highest BCUT2D eigenvalue weighted by atomic mass is 32.2. The molecule has 1 aliphatic heterocycles. The molecule has 0 spiro atoms. The Hall–Kier alpha value is -1.56. The van der Waals surface area contributed by atoms with E-state index >= 15 is 0 Å². The van der Waals surface area contributed by atoms with Gasteiger partial charge in [-0.15, -0.1) is 0 Å². The molecule has 108 valence electrons. The summed E-state index contributed by atoms with van der Waals surface area (Å²) in [7, 11) is -3.14. The van der Waals surface area contributed by atoms with Gasteiger partial charge in [-0.2, -0.15) is 0 Å². The molecule has 1 saturated carbocycles. The summed E-state index contributed by atoms with van der Waals surface area (Å²) in [5.41, 5.74) is 1.38. The van der Waals surface area contributed by atoms with E-state index in [-0.39, 0.29) is 17.6 Å². The van der Waals surface area contributed by atoms with Gasteiger partial charge in [0.05, 0.1) is 11.4 Å². The topological polar surface area (TPSA) is 66.5 Å². The van der Waals surface area contributed by atoms with Crippen molar-refractivity contribution in [2.75, 3.05) is 21.9 Å². The molecule has 0 bridgehead atoms. The summed E-state index contributed by atoms with van der Waals surface area (Å²) in [5.74, 6) is 0.877. The standard InChI is InChI=1S/C14H18N2O3S/c1-10-9-13(10)14(17)15-11-3-5-12(6-4-11)16-7-2-8-20(16,18)19/h3-6,10,13H,2,7-9H2,1H3,(H,15,17)/t10-,13-/m1/s1. The highest BCUT2D eigenvalue weighted by Gasteiger charge is 2.39. The van der Waals surface area contributed by atoms with Crippen LogP contribution in [0.25, 0.3) is 0 Å². The van der Waals surface area contributed by atoms with Crippen molar-refractivity contribution in [1.29, 1.82) is 0 Å². The van der Waals surface area contributed by atoms with Crippen molar-refractivity contribution < 1.29 is 13.2 Å². The van der Waals surface area contributed by atoms with Crippen molar-refractivity contribution in [1.82, 2.24) is 0 Å². The molecule has 0 aromatic heterocycles. The third-order valence-electron chi connectivity index (χ3n) is 3.97. The molecular weight excluding hydrogens is 276 g/mol. The fraction of sp³-hybridized carbons (Fsp3) is 0.500. The fourth-order valence-electron chi connectivity index (χ4n) is 2.56. The lowest BCUT2D eigenvalue weighted by atomic mass is 10.2. The van der Waals surface area contributed by atoms with Crippen molar-refractivity contribution in [3.05, 3.63) is 24.3 Å². The van der Waals surface area contributed by atoms with Gasteiger partial charge in [-0.3, -0.25) is 9.10 Å². The zero-order valence-electron chi connectivity index (χ0n) is 11.4. The van der Waals surface area contributed by atoms with Crippen LogP contribution in [0.15, 0.2) is 24.3 Å². The van der Waals surface area contributed by atoms with Gasteiger partial charge in [-0.25, -0.2) is 8.42 Å². The number of rotatable bonds is 3. The molecule has 1 heterocycles. The van der Waals surface area contributed by atoms with E-state index in [0.717, 1.165) is 12.1 Å². The summed E-state index contributed by atoms with van der Waals surface area (Å²) in [6, 6.07) is 7.01. The monoisotopic (exact) mass is 294 g/mol. The summed E-state index contributed by atoms with van der Waals surface area (Å²) < 4.78 is 25.1. The summed E-state index contributed by atoms with van der Waals surface area (Å²) in [5, 5.41) is 2.87. The number of carbonyl (C=O) groups is 1. The SMILES string of the molecule is C[C@@H]1C[C@H]1C(=O)Nc1ccc(N2CCCS2(=O)=O)cc1. The highest BCUT2D eigenvalue weighted by molar-refractivity contribution is 7.93. The normalized spacial score (nSPS) is 27.4. The third-order valence-corrected chi connectivity index (χ3v) is 5.84. The molecule has 2 aliphatic rings. The van der Waals surface area contributed by atoms with Crippen LogP contribution in [0.3, 0.4) is 0 Å². The number of hydrogen-bond acceptors (Lipinski definition) is 3. The summed E-state index contributed by atoms with van der Waals surface area (Å²) >= 11 is 0. The number of anilines is 2. The molecule has 1 N–H and O–H groups in total. The fourth-order valence-corrected chi connectivity index (χ4v) is 4.13. The Morgan fingerprint density at radius 1 is 1.30 bits per heavy atom. The Balaban J connectivity index is 1.70. The van der Waals surface area contributed by atoms with Gasteiger partial charge < -0.3 is 5.32 Å². The molecule has 6 heteroatoms. The molecule has 2 fully saturated rings. The molecule has 1 aromatic carbocycles. The zero-order valence-corrected chi connectivity index (χ0v) is 12.2. The molecule has 0 radical (unpaired) electrons. The van der Waals surface area contributed by atoms with Crippen molar-refractivity contribution in [2.24, 2.45) is 11.8 Å². The molecule has 3 rings (SSSR count). The van der Waals surface area contributed by atoms with Crippen LogP contribution in [0.1, 0.15) is 19.8 Å². The summed E-state index contributed by atoms with van der Waals surface area (Å²) in [4.78, 5) is 11.8. The van der Waals surface area contributed by atoms with Crippen molar-refractivity contribution in [3.8, 4) is 0 Å². The molecular formula is C14H18N2O3S. The first-order chi connectivity index (χ1) is 9.47. The van der Waals surface area contributed by atoms with E-state index in [9.17, 15) is 13.2 Å². The van der Waals surface area contributed by atoms with Crippen LogP contribution < -0.4 is 9.62 Å². The van der Waals surface area contributed by atoms with E-state index in [1.807, 2.05) is 0 Å². The number of benzene rings is 1. The Kier molecular flexibility index (Phi) is 3.20. The van der Waals surface area contributed by atoms with E-state index in [4.69, 9.17) is 0 Å². The van der Waals surface area contributed by atoms with Gasteiger partial charge in [0.2, 0.25) is 15.9 Å². The highest BCUT2D eigenvalue weighted by Crippen LogP contribution is 2.38. The Morgan fingerprint density at radius 2 is 1.95 bits per heavy atom. The van der Waals surface area contributed by atoms with Gasteiger partial charge in [0.15, 0.2) is 0 Å².